The van der Waals surface area contributed by atoms with Crippen molar-refractivity contribution in [2.75, 3.05) is 26.7 Å². The molecule has 1 saturated heterocycles. The van der Waals surface area contributed by atoms with Gasteiger partial charge in [0.1, 0.15) is 0 Å². The minimum atomic E-state index is -0.664. The molecule has 0 radical (unpaired) electrons. The molecule has 0 aromatic heterocycles. The zero-order chi connectivity index (χ0) is 13.0. The van der Waals surface area contributed by atoms with E-state index >= 15 is 0 Å². The quantitative estimate of drug-likeness (QED) is 0.834. The summed E-state index contributed by atoms with van der Waals surface area (Å²) in [5, 5.41) is 13.2. The fourth-order valence-electron chi connectivity index (χ4n) is 2.40. The van der Waals surface area contributed by atoms with Gasteiger partial charge >= 0.3 is 0 Å². The highest BCUT2D eigenvalue weighted by atomic mass is 16.3. The molecule has 0 bridgehead atoms. The molecular formula is C14H20N2O2. The second-order valence-electron chi connectivity index (χ2n) is 4.91. The average molecular weight is 248 g/mol. The number of likely N-dealkylation sites (N-methyl/N-ethyl adjacent to an activating group) is 1. The third-order valence-electron chi connectivity index (χ3n) is 3.51. The molecule has 0 aliphatic carbocycles. The van der Waals surface area contributed by atoms with Gasteiger partial charge < -0.3 is 15.3 Å². The largest absolute Gasteiger partial charge is 0.388 e. The lowest BCUT2D eigenvalue weighted by molar-refractivity contribution is -0.0143. The Morgan fingerprint density at radius 3 is 2.50 bits per heavy atom. The predicted octanol–water partition coefficient (Wildman–Crippen LogP) is 0.873. The molecule has 1 aliphatic rings. The number of amides is 1. The van der Waals surface area contributed by atoms with Crippen LogP contribution in [0.15, 0.2) is 30.3 Å². The summed E-state index contributed by atoms with van der Waals surface area (Å²) in [4.78, 5) is 14.0. The molecule has 18 heavy (non-hydrogen) atoms. The van der Waals surface area contributed by atoms with E-state index in [1.807, 2.05) is 42.3 Å². The first kappa shape index (κ1) is 13.1. The van der Waals surface area contributed by atoms with Crippen LogP contribution < -0.4 is 5.32 Å². The Balaban J connectivity index is 1.96. The van der Waals surface area contributed by atoms with E-state index in [0.29, 0.717) is 32.5 Å². The Morgan fingerprint density at radius 2 is 1.94 bits per heavy atom. The number of piperidine rings is 1. The Labute approximate surface area is 108 Å². The first-order valence-corrected chi connectivity index (χ1v) is 6.36. The summed E-state index contributed by atoms with van der Waals surface area (Å²) in [6, 6.07) is 9.30. The number of aliphatic hydroxyl groups is 1. The number of rotatable bonds is 3. The summed E-state index contributed by atoms with van der Waals surface area (Å²) in [7, 11) is 1.83. The topological polar surface area (TPSA) is 52.6 Å². The summed E-state index contributed by atoms with van der Waals surface area (Å²) < 4.78 is 0. The van der Waals surface area contributed by atoms with Gasteiger partial charge in [-0.05, 0) is 32.0 Å². The zero-order valence-electron chi connectivity index (χ0n) is 10.7. The van der Waals surface area contributed by atoms with Crippen LogP contribution in [0.1, 0.15) is 23.2 Å². The number of benzene rings is 1. The molecule has 1 fully saturated rings. The number of hydrogen-bond donors (Lipinski definition) is 2. The third-order valence-corrected chi connectivity index (χ3v) is 3.51. The van der Waals surface area contributed by atoms with Gasteiger partial charge in [0.25, 0.3) is 5.91 Å². The van der Waals surface area contributed by atoms with Gasteiger partial charge in [-0.3, -0.25) is 4.79 Å². The fourth-order valence-corrected chi connectivity index (χ4v) is 2.40. The molecule has 0 unspecified atom stereocenters. The summed E-state index contributed by atoms with van der Waals surface area (Å²) in [5.74, 6) is 0.0575. The van der Waals surface area contributed by atoms with Crippen molar-refractivity contribution in [1.82, 2.24) is 10.2 Å². The Morgan fingerprint density at radius 1 is 1.33 bits per heavy atom. The lowest BCUT2D eigenvalue weighted by atomic mass is 9.91. The summed E-state index contributed by atoms with van der Waals surface area (Å²) in [6.07, 6.45) is 1.26. The number of nitrogens with zero attached hydrogens (tertiary/aromatic N) is 1. The van der Waals surface area contributed by atoms with Crippen molar-refractivity contribution < 1.29 is 9.90 Å². The number of nitrogens with one attached hydrogen (secondary N) is 1. The van der Waals surface area contributed by atoms with Crippen LogP contribution in [0.3, 0.4) is 0 Å². The van der Waals surface area contributed by atoms with Crippen molar-refractivity contribution in [2.45, 2.75) is 18.4 Å². The van der Waals surface area contributed by atoms with Crippen molar-refractivity contribution in [2.24, 2.45) is 0 Å². The average Bonchev–Trinajstić information content (AvgIpc) is 2.40. The van der Waals surface area contributed by atoms with Crippen LogP contribution in [-0.2, 0) is 0 Å². The van der Waals surface area contributed by atoms with E-state index in [1.165, 1.54) is 0 Å². The summed E-state index contributed by atoms with van der Waals surface area (Å²) in [6.45, 7) is 1.82. The van der Waals surface area contributed by atoms with Gasteiger partial charge in [0.2, 0.25) is 0 Å². The molecule has 1 heterocycles. The highest BCUT2D eigenvalue weighted by Gasteiger charge is 2.33. The van der Waals surface area contributed by atoms with E-state index in [0.717, 1.165) is 5.56 Å². The molecule has 0 spiro atoms. The molecule has 0 atom stereocenters. The second kappa shape index (κ2) is 5.50. The first-order chi connectivity index (χ1) is 8.64. The van der Waals surface area contributed by atoms with Crippen molar-refractivity contribution in [3.05, 3.63) is 35.9 Å². The van der Waals surface area contributed by atoms with Crippen LogP contribution in [0, 0.1) is 0 Å². The van der Waals surface area contributed by atoms with E-state index in [2.05, 4.69) is 5.32 Å². The van der Waals surface area contributed by atoms with Gasteiger partial charge in [-0.25, -0.2) is 0 Å². The zero-order valence-corrected chi connectivity index (χ0v) is 10.7. The molecule has 1 aromatic carbocycles. The van der Waals surface area contributed by atoms with E-state index in [1.54, 1.807) is 0 Å². The van der Waals surface area contributed by atoms with E-state index in [-0.39, 0.29) is 5.91 Å². The van der Waals surface area contributed by atoms with E-state index < -0.39 is 5.60 Å². The van der Waals surface area contributed by atoms with Crippen LogP contribution in [-0.4, -0.2) is 48.2 Å². The maximum absolute atomic E-state index is 12.2. The minimum absolute atomic E-state index is 0.0575. The van der Waals surface area contributed by atoms with Gasteiger partial charge in [-0.2, -0.15) is 0 Å². The molecule has 4 heteroatoms. The SMILES string of the molecule is CNCC1(O)CCN(C(=O)c2ccccc2)CC1. The smallest absolute Gasteiger partial charge is 0.253 e. The summed E-state index contributed by atoms with van der Waals surface area (Å²) >= 11 is 0. The summed E-state index contributed by atoms with van der Waals surface area (Å²) in [5.41, 5.74) is 0.0546. The highest BCUT2D eigenvalue weighted by Crippen LogP contribution is 2.22. The van der Waals surface area contributed by atoms with E-state index in [4.69, 9.17) is 0 Å². The predicted molar refractivity (Wildman–Crippen MR) is 70.5 cm³/mol. The van der Waals surface area contributed by atoms with Gasteiger partial charge in [0.15, 0.2) is 0 Å². The molecule has 1 amide bonds. The molecule has 4 nitrogen and oxygen atoms in total. The molecule has 98 valence electrons. The standard InChI is InChI=1S/C14H20N2O2/c1-15-11-14(18)7-9-16(10-8-14)13(17)12-5-3-2-4-6-12/h2-6,15,18H,7-11H2,1H3. The van der Waals surface area contributed by atoms with Gasteiger partial charge in [-0.1, -0.05) is 18.2 Å². The lowest BCUT2D eigenvalue weighted by Gasteiger charge is -2.38. The first-order valence-electron chi connectivity index (χ1n) is 6.36. The van der Waals surface area contributed by atoms with Crippen molar-refractivity contribution in [1.29, 1.82) is 0 Å². The number of likely N-dealkylation sites (tertiary alicyclic amines) is 1. The molecule has 0 saturated carbocycles. The second-order valence-corrected chi connectivity index (χ2v) is 4.91. The Hall–Kier alpha value is -1.39. The number of carbonyl (C=O) groups is 1. The minimum Gasteiger partial charge on any atom is -0.388 e. The van der Waals surface area contributed by atoms with Crippen LogP contribution in [0.2, 0.25) is 0 Å². The third kappa shape index (κ3) is 2.89. The van der Waals surface area contributed by atoms with Crippen LogP contribution >= 0.6 is 0 Å². The molecule has 1 aliphatic heterocycles. The molecule has 2 rings (SSSR count). The van der Waals surface area contributed by atoms with Crippen LogP contribution in [0.25, 0.3) is 0 Å². The monoisotopic (exact) mass is 248 g/mol. The normalized spacial score (nSPS) is 18.7. The Bertz CT molecular complexity index is 398. The fraction of sp³-hybridized carbons (Fsp3) is 0.500. The van der Waals surface area contributed by atoms with Crippen molar-refractivity contribution >= 4 is 5.91 Å². The molecular weight excluding hydrogens is 228 g/mol. The maximum atomic E-state index is 12.2. The van der Waals surface area contributed by atoms with E-state index in [9.17, 15) is 9.90 Å². The van der Waals surface area contributed by atoms with Crippen LogP contribution in [0.5, 0.6) is 0 Å². The molecule has 2 N–H and O–H groups in total. The highest BCUT2D eigenvalue weighted by molar-refractivity contribution is 5.94. The van der Waals surface area contributed by atoms with Crippen LogP contribution in [0.4, 0.5) is 0 Å². The van der Waals surface area contributed by atoms with Gasteiger partial charge in [0.05, 0.1) is 5.60 Å². The number of carbonyl (C=O) groups excluding carboxylic acids is 1. The molecule has 1 aromatic rings. The van der Waals surface area contributed by atoms with Crippen molar-refractivity contribution in [3.63, 3.8) is 0 Å². The lowest BCUT2D eigenvalue weighted by Crippen LogP contribution is -2.50. The Kier molecular flexibility index (Phi) is 3.99. The maximum Gasteiger partial charge on any atom is 0.253 e. The van der Waals surface area contributed by atoms with Gasteiger partial charge in [-0.15, -0.1) is 0 Å². The van der Waals surface area contributed by atoms with Gasteiger partial charge in [0, 0.05) is 25.2 Å². The van der Waals surface area contributed by atoms with Crippen molar-refractivity contribution in [3.8, 4) is 0 Å². The number of hydrogen-bond acceptors (Lipinski definition) is 3.